The van der Waals surface area contributed by atoms with Gasteiger partial charge in [0.15, 0.2) is 0 Å². The van der Waals surface area contributed by atoms with Crippen LogP contribution < -0.4 is 15.7 Å². The number of hydrogen-bond donors (Lipinski definition) is 3. The maximum absolute atomic E-state index is 13.0. The van der Waals surface area contributed by atoms with Crippen LogP contribution in [0.5, 0.6) is 0 Å². The monoisotopic (exact) mass is 599 g/mol. The molecule has 40 heavy (non-hydrogen) atoms. The summed E-state index contributed by atoms with van der Waals surface area (Å²) in [7, 11) is -6.94. The number of unbranched alkanes of at least 4 members (excludes halogenated alkanes) is 1. The lowest BCUT2D eigenvalue weighted by molar-refractivity contribution is 0.138. The van der Waals surface area contributed by atoms with E-state index in [1.54, 1.807) is 13.8 Å². The predicted molar refractivity (Wildman–Crippen MR) is 151 cm³/mol. The van der Waals surface area contributed by atoms with Crippen molar-refractivity contribution in [2.75, 3.05) is 38.9 Å². The first kappa shape index (κ1) is 33.5. The number of benzene rings is 2. The number of carbonyl (C=O) groups is 2. The first-order valence-corrected chi connectivity index (χ1v) is 16.6. The van der Waals surface area contributed by atoms with Crippen molar-refractivity contribution in [2.24, 2.45) is 0 Å². The van der Waals surface area contributed by atoms with Crippen molar-refractivity contribution in [2.45, 2.75) is 39.9 Å². The van der Waals surface area contributed by atoms with Gasteiger partial charge in [0.1, 0.15) is 25.8 Å². The molecule has 2 amide bonds. The van der Waals surface area contributed by atoms with Gasteiger partial charge in [0.05, 0.1) is 19.8 Å². The molecule has 0 bridgehead atoms. The van der Waals surface area contributed by atoms with Gasteiger partial charge in [-0.05, 0) is 37.8 Å². The summed E-state index contributed by atoms with van der Waals surface area (Å²) in [6.45, 7) is 4.25. The third-order valence-corrected chi connectivity index (χ3v) is 8.88. The highest BCUT2D eigenvalue weighted by atomic mass is 31.2. The molecule has 0 fully saturated rings. The Morgan fingerprint density at radius 2 is 1.23 bits per heavy atom. The molecule has 14 heteroatoms. The molecule has 2 aromatic rings. The Hall–Kier alpha value is -2.72. The molecule has 0 aliphatic heterocycles. The van der Waals surface area contributed by atoms with Gasteiger partial charge in [0.25, 0.3) is 7.52 Å². The van der Waals surface area contributed by atoms with Crippen LogP contribution in [0.3, 0.4) is 0 Å². The summed E-state index contributed by atoms with van der Waals surface area (Å²) < 4.78 is 52.3. The lowest BCUT2D eigenvalue weighted by Gasteiger charge is -2.20. The average molecular weight is 600 g/mol. The third-order valence-electron chi connectivity index (χ3n) is 5.15. The first-order valence-electron chi connectivity index (χ1n) is 13.0. The van der Waals surface area contributed by atoms with Gasteiger partial charge in [-0.3, -0.25) is 9.13 Å². The molecule has 12 nitrogen and oxygen atoms in total. The third kappa shape index (κ3) is 14.1. The molecule has 0 radical (unpaired) electrons. The number of rotatable bonds is 19. The Kier molecular flexibility index (Phi) is 15.6. The number of nitrogens with one attached hydrogen (secondary N) is 3. The average Bonchev–Trinajstić information content (AvgIpc) is 2.96. The molecule has 0 aromatic heterocycles. The van der Waals surface area contributed by atoms with Gasteiger partial charge >= 0.3 is 19.8 Å². The standard InChI is InChI=1S/C26H39N3O9P2/c1-3-36-39(32,21-27-25(30)34-19-23-13-7-5-8-14-23)29-17-11-12-18-38-40(33,37-4-2)22-28-26(31)35-20-24-15-9-6-10-16-24/h5-10,13-16H,3-4,11-12,17-22H2,1-2H3,(H,27,30)(H,28,31)(H,29,32). The molecule has 3 N–H and O–H groups in total. The topological polar surface area (TPSA) is 151 Å². The van der Waals surface area contributed by atoms with Crippen LogP contribution in [0.1, 0.15) is 37.8 Å². The lowest BCUT2D eigenvalue weighted by atomic mass is 10.2. The molecule has 0 saturated heterocycles. The molecule has 0 saturated carbocycles. The van der Waals surface area contributed by atoms with E-state index in [1.165, 1.54) is 0 Å². The number of ether oxygens (including phenoxy) is 2. The summed E-state index contributed by atoms with van der Waals surface area (Å²) in [5, 5.41) is 7.74. The van der Waals surface area contributed by atoms with Gasteiger partial charge in [-0.1, -0.05) is 60.7 Å². The zero-order valence-electron chi connectivity index (χ0n) is 22.9. The Bertz CT molecular complexity index is 1020. The van der Waals surface area contributed by atoms with Crippen molar-refractivity contribution in [3.05, 3.63) is 71.8 Å². The van der Waals surface area contributed by atoms with Gasteiger partial charge in [-0.2, -0.15) is 0 Å². The molecule has 0 aliphatic rings. The smallest absolute Gasteiger partial charge is 0.408 e. The Morgan fingerprint density at radius 3 is 1.75 bits per heavy atom. The summed E-state index contributed by atoms with van der Waals surface area (Å²) >= 11 is 0. The fraction of sp³-hybridized carbons (Fsp3) is 0.462. The van der Waals surface area contributed by atoms with Crippen LogP contribution in [-0.4, -0.2) is 51.1 Å². The van der Waals surface area contributed by atoms with E-state index in [1.807, 2.05) is 60.7 Å². The maximum atomic E-state index is 13.0. The van der Waals surface area contributed by atoms with E-state index in [9.17, 15) is 18.7 Å². The van der Waals surface area contributed by atoms with E-state index in [4.69, 9.17) is 23.0 Å². The number of hydrogen-bond acceptors (Lipinski definition) is 9. The highest BCUT2D eigenvalue weighted by molar-refractivity contribution is 7.56. The van der Waals surface area contributed by atoms with E-state index in [2.05, 4.69) is 15.7 Å². The Morgan fingerprint density at radius 1 is 0.700 bits per heavy atom. The number of alkyl carbamates (subject to hydrolysis) is 2. The molecular weight excluding hydrogens is 560 g/mol. The largest absolute Gasteiger partial charge is 0.445 e. The summed E-state index contributed by atoms with van der Waals surface area (Å²) in [6.07, 6.45) is -1.05. The zero-order chi connectivity index (χ0) is 29.1. The van der Waals surface area contributed by atoms with Crippen LogP contribution in [0, 0.1) is 0 Å². The second kappa shape index (κ2) is 18.6. The van der Waals surface area contributed by atoms with E-state index in [-0.39, 0.29) is 45.6 Å². The minimum absolute atomic E-state index is 0.0788. The number of carbonyl (C=O) groups excluding carboxylic acids is 2. The van der Waals surface area contributed by atoms with Gasteiger partial charge in [0, 0.05) is 6.54 Å². The molecule has 0 heterocycles. The second-order valence-electron chi connectivity index (χ2n) is 8.36. The quantitative estimate of drug-likeness (QED) is 0.138. The first-order chi connectivity index (χ1) is 19.3. The second-order valence-corrected chi connectivity index (χ2v) is 12.7. The molecule has 2 atom stereocenters. The predicted octanol–water partition coefficient (Wildman–Crippen LogP) is 5.60. The highest BCUT2D eigenvalue weighted by Gasteiger charge is 2.26. The van der Waals surface area contributed by atoms with Crippen LogP contribution in [0.2, 0.25) is 0 Å². The van der Waals surface area contributed by atoms with Crippen LogP contribution in [0.15, 0.2) is 60.7 Å². The Labute approximate surface area is 235 Å². The van der Waals surface area contributed by atoms with Gasteiger partial charge in [-0.25, -0.2) is 14.7 Å². The van der Waals surface area contributed by atoms with Crippen molar-refractivity contribution in [3.63, 3.8) is 0 Å². The summed E-state index contributed by atoms with van der Waals surface area (Å²) in [4.78, 5) is 24.0. The van der Waals surface area contributed by atoms with Crippen LogP contribution in [-0.2, 0) is 45.4 Å². The molecular formula is C26H39N3O9P2. The highest BCUT2D eigenvalue weighted by Crippen LogP contribution is 2.47. The fourth-order valence-corrected chi connectivity index (χ4v) is 6.17. The van der Waals surface area contributed by atoms with Crippen molar-refractivity contribution in [3.8, 4) is 0 Å². The summed E-state index contributed by atoms with van der Waals surface area (Å²) in [6, 6.07) is 18.4. The lowest BCUT2D eigenvalue weighted by Crippen LogP contribution is -2.30. The molecule has 0 aliphatic carbocycles. The van der Waals surface area contributed by atoms with Crippen LogP contribution in [0.25, 0.3) is 0 Å². The van der Waals surface area contributed by atoms with Crippen molar-refractivity contribution in [1.29, 1.82) is 0 Å². The molecule has 0 spiro atoms. The maximum Gasteiger partial charge on any atom is 0.408 e. The minimum atomic E-state index is -3.58. The normalized spacial score (nSPS) is 13.9. The summed E-state index contributed by atoms with van der Waals surface area (Å²) in [5.74, 6) is 0. The Balaban J connectivity index is 1.66. The zero-order valence-corrected chi connectivity index (χ0v) is 24.7. The van der Waals surface area contributed by atoms with Gasteiger partial charge in [0.2, 0.25) is 0 Å². The summed E-state index contributed by atoms with van der Waals surface area (Å²) in [5.41, 5.74) is 1.65. The van der Waals surface area contributed by atoms with E-state index in [0.717, 1.165) is 11.1 Å². The van der Waals surface area contributed by atoms with Gasteiger partial charge in [-0.15, -0.1) is 0 Å². The van der Waals surface area contributed by atoms with Crippen LogP contribution >= 0.6 is 15.1 Å². The molecule has 2 aromatic carbocycles. The molecule has 2 unspecified atom stereocenters. The minimum Gasteiger partial charge on any atom is -0.445 e. The SMILES string of the molecule is CCOP(=O)(CNC(=O)OCc1ccccc1)NCCCCOP(=O)(CNC(=O)OCc1ccccc1)OCC. The van der Waals surface area contributed by atoms with Crippen molar-refractivity contribution >= 4 is 27.3 Å². The van der Waals surface area contributed by atoms with E-state index < -0.39 is 27.3 Å². The molecule has 2 rings (SSSR count). The van der Waals surface area contributed by atoms with Gasteiger partial charge < -0.3 is 33.7 Å². The number of amides is 2. The van der Waals surface area contributed by atoms with Crippen LogP contribution in [0.4, 0.5) is 9.59 Å². The van der Waals surface area contributed by atoms with Crippen molar-refractivity contribution < 1.29 is 41.8 Å². The van der Waals surface area contributed by atoms with E-state index >= 15 is 0 Å². The fourth-order valence-electron chi connectivity index (χ4n) is 3.24. The van der Waals surface area contributed by atoms with Crippen molar-refractivity contribution in [1.82, 2.24) is 15.7 Å². The van der Waals surface area contributed by atoms with E-state index in [0.29, 0.717) is 19.4 Å². The molecule has 222 valence electrons.